The molecule has 0 saturated heterocycles. The van der Waals surface area contributed by atoms with Crippen LogP contribution in [0.1, 0.15) is 0 Å². The molecular formula is C9H8BrCl2NO2. The van der Waals surface area contributed by atoms with E-state index < -0.39 is 0 Å². The molecule has 0 bridgehead atoms. The van der Waals surface area contributed by atoms with Gasteiger partial charge in [-0.25, -0.2) is 0 Å². The van der Waals surface area contributed by atoms with Crippen LogP contribution in [0.4, 0.5) is 10.5 Å². The SMILES string of the molecule is COc1c(Cl)cc(Cl)cc1N(C)C(=O)Br. The monoisotopic (exact) mass is 311 g/mol. The van der Waals surface area contributed by atoms with E-state index in [4.69, 9.17) is 27.9 Å². The minimum absolute atomic E-state index is 0.306. The predicted octanol–water partition coefficient (Wildman–Crippen LogP) is 3.95. The van der Waals surface area contributed by atoms with Crippen LogP contribution in [0.5, 0.6) is 5.75 Å². The third-order valence-electron chi connectivity index (χ3n) is 1.82. The number of nitrogens with zero attached hydrogens (tertiary/aromatic N) is 1. The second kappa shape index (κ2) is 5.05. The molecule has 6 heteroatoms. The van der Waals surface area contributed by atoms with Gasteiger partial charge in [-0.15, -0.1) is 0 Å². The topological polar surface area (TPSA) is 29.5 Å². The van der Waals surface area contributed by atoms with Crippen molar-refractivity contribution in [1.29, 1.82) is 0 Å². The fourth-order valence-electron chi connectivity index (χ4n) is 1.09. The van der Waals surface area contributed by atoms with Crippen LogP contribution in [0.25, 0.3) is 0 Å². The summed E-state index contributed by atoms with van der Waals surface area (Å²) in [7, 11) is 3.06. The van der Waals surface area contributed by atoms with Crippen LogP contribution in [0.2, 0.25) is 10.0 Å². The highest BCUT2D eigenvalue weighted by atomic mass is 79.9. The van der Waals surface area contributed by atoms with Gasteiger partial charge >= 0.3 is 0 Å². The highest BCUT2D eigenvalue weighted by molar-refractivity contribution is 9.18. The Morgan fingerprint density at radius 1 is 1.47 bits per heavy atom. The van der Waals surface area contributed by atoms with Crippen LogP contribution in [0.3, 0.4) is 0 Å². The van der Waals surface area contributed by atoms with Crippen molar-refractivity contribution in [2.75, 3.05) is 19.1 Å². The van der Waals surface area contributed by atoms with Crippen molar-refractivity contribution < 1.29 is 9.53 Å². The number of benzene rings is 1. The summed E-state index contributed by atoms with van der Waals surface area (Å²) in [5, 5.41) is 0.803. The zero-order valence-corrected chi connectivity index (χ0v) is 11.2. The van der Waals surface area contributed by atoms with Gasteiger partial charge in [-0.3, -0.25) is 4.79 Å². The quantitative estimate of drug-likeness (QED) is 0.611. The van der Waals surface area contributed by atoms with Crippen molar-refractivity contribution in [2.45, 2.75) is 0 Å². The van der Waals surface area contributed by atoms with E-state index in [-0.39, 0.29) is 4.82 Å². The Bertz CT molecular complexity index is 398. The number of hydrogen-bond donors (Lipinski definition) is 0. The van der Waals surface area contributed by atoms with Crippen LogP contribution >= 0.6 is 39.1 Å². The molecule has 1 rings (SSSR count). The van der Waals surface area contributed by atoms with Gasteiger partial charge in [0.15, 0.2) is 5.75 Å². The molecule has 1 aromatic carbocycles. The normalized spacial score (nSPS) is 9.93. The van der Waals surface area contributed by atoms with Gasteiger partial charge in [-0.1, -0.05) is 23.2 Å². The lowest BCUT2D eigenvalue weighted by Crippen LogP contribution is -2.19. The number of ether oxygens (including phenoxy) is 1. The zero-order chi connectivity index (χ0) is 11.6. The number of halogens is 3. The first-order chi connectivity index (χ1) is 6.97. The second-order valence-corrected chi connectivity index (χ2v) is 4.27. The average molecular weight is 313 g/mol. The molecule has 0 aliphatic heterocycles. The second-order valence-electron chi connectivity index (χ2n) is 2.75. The first-order valence-electron chi connectivity index (χ1n) is 3.93. The molecule has 0 atom stereocenters. The first-order valence-corrected chi connectivity index (χ1v) is 5.48. The Labute approximate surface area is 106 Å². The third kappa shape index (κ3) is 2.77. The summed E-state index contributed by atoms with van der Waals surface area (Å²) >= 11 is 14.6. The summed E-state index contributed by atoms with van der Waals surface area (Å²) in [4.78, 5) is 12.2. The number of anilines is 1. The Morgan fingerprint density at radius 3 is 2.53 bits per heavy atom. The van der Waals surface area contributed by atoms with Gasteiger partial charge < -0.3 is 9.64 Å². The van der Waals surface area contributed by atoms with E-state index in [0.717, 1.165) is 0 Å². The van der Waals surface area contributed by atoms with Crippen molar-refractivity contribution in [3.63, 3.8) is 0 Å². The highest BCUT2D eigenvalue weighted by Gasteiger charge is 2.16. The molecule has 0 aliphatic carbocycles. The Balaban J connectivity index is 3.32. The van der Waals surface area contributed by atoms with Crippen LogP contribution in [0, 0.1) is 0 Å². The van der Waals surface area contributed by atoms with Crippen molar-refractivity contribution in [3.8, 4) is 5.75 Å². The summed E-state index contributed by atoms with van der Waals surface area (Å²) in [6, 6.07) is 3.16. The van der Waals surface area contributed by atoms with E-state index in [2.05, 4.69) is 15.9 Å². The predicted molar refractivity (Wildman–Crippen MR) is 65.7 cm³/mol. The van der Waals surface area contributed by atoms with E-state index in [1.54, 1.807) is 19.2 Å². The summed E-state index contributed by atoms with van der Waals surface area (Å²) in [5.74, 6) is 0.413. The maximum absolute atomic E-state index is 11.1. The number of carbonyl (C=O) groups excluding carboxylic acids is 1. The van der Waals surface area contributed by atoms with Crippen LogP contribution in [-0.2, 0) is 0 Å². The molecule has 0 N–H and O–H groups in total. The molecule has 1 amide bonds. The van der Waals surface area contributed by atoms with Crippen LogP contribution in [-0.4, -0.2) is 19.0 Å². The molecule has 15 heavy (non-hydrogen) atoms. The van der Waals surface area contributed by atoms with Crippen molar-refractivity contribution in [3.05, 3.63) is 22.2 Å². The van der Waals surface area contributed by atoms with Crippen LogP contribution in [0.15, 0.2) is 12.1 Å². The number of hydrogen-bond acceptors (Lipinski definition) is 2. The zero-order valence-electron chi connectivity index (χ0n) is 8.05. The van der Waals surface area contributed by atoms with Crippen molar-refractivity contribution in [2.24, 2.45) is 0 Å². The minimum Gasteiger partial charge on any atom is -0.493 e. The Kier molecular flexibility index (Phi) is 4.25. The molecule has 0 radical (unpaired) electrons. The first kappa shape index (κ1) is 12.6. The maximum Gasteiger partial charge on any atom is 0.293 e. The largest absolute Gasteiger partial charge is 0.493 e. The fraction of sp³-hybridized carbons (Fsp3) is 0.222. The van der Waals surface area contributed by atoms with Gasteiger partial charge in [0.2, 0.25) is 0 Å². The maximum atomic E-state index is 11.1. The number of amides is 1. The molecule has 0 heterocycles. The van der Waals surface area contributed by atoms with E-state index >= 15 is 0 Å². The van der Waals surface area contributed by atoms with E-state index in [1.165, 1.54) is 12.0 Å². The average Bonchev–Trinajstić information content (AvgIpc) is 2.15. The van der Waals surface area contributed by atoms with Gasteiger partial charge in [0, 0.05) is 28.0 Å². The van der Waals surface area contributed by atoms with Gasteiger partial charge in [0.05, 0.1) is 17.8 Å². The molecule has 3 nitrogen and oxygen atoms in total. The molecule has 0 fully saturated rings. The summed E-state index contributed by atoms with van der Waals surface area (Å²) < 4.78 is 5.10. The Hall–Kier alpha value is -0.450. The molecule has 0 aromatic heterocycles. The lowest BCUT2D eigenvalue weighted by Gasteiger charge is -2.18. The van der Waals surface area contributed by atoms with E-state index in [9.17, 15) is 4.79 Å². The molecule has 1 aromatic rings. The molecule has 0 unspecified atom stereocenters. The number of rotatable bonds is 2. The minimum atomic E-state index is -0.306. The molecule has 0 spiro atoms. The highest BCUT2D eigenvalue weighted by Crippen LogP contribution is 2.38. The molecular weight excluding hydrogens is 305 g/mol. The van der Waals surface area contributed by atoms with Crippen molar-refractivity contribution in [1.82, 2.24) is 0 Å². The molecule has 0 saturated carbocycles. The van der Waals surface area contributed by atoms with Crippen molar-refractivity contribution >= 4 is 49.6 Å². The lowest BCUT2D eigenvalue weighted by molar-refractivity contribution is 0.266. The number of methoxy groups -OCH3 is 1. The summed E-state index contributed by atoms with van der Waals surface area (Å²) in [5.41, 5.74) is 0.511. The third-order valence-corrected chi connectivity index (χ3v) is 2.85. The van der Waals surface area contributed by atoms with Gasteiger partial charge in [-0.05, 0) is 12.1 Å². The van der Waals surface area contributed by atoms with Gasteiger partial charge in [0.25, 0.3) is 4.82 Å². The Morgan fingerprint density at radius 2 is 2.07 bits per heavy atom. The molecule has 82 valence electrons. The standard InChI is InChI=1S/C9H8BrCl2NO2/c1-13(9(10)14)7-4-5(11)3-6(12)8(7)15-2/h3-4H,1-2H3. The van der Waals surface area contributed by atoms with Crippen LogP contribution < -0.4 is 9.64 Å². The lowest BCUT2D eigenvalue weighted by atomic mass is 10.2. The summed E-state index contributed by atoms with van der Waals surface area (Å²) in [6.07, 6.45) is 0. The smallest absolute Gasteiger partial charge is 0.293 e. The summed E-state index contributed by atoms with van der Waals surface area (Å²) in [6.45, 7) is 0. The fourth-order valence-corrected chi connectivity index (χ4v) is 1.84. The molecule has 0 aliphatic rings. The van der Waals surface area contributed by atoms with E-state index in [0.29, 0.717) is 21.5 Å². The number of carbonyl (C=O) groups is 1. The van der Waals surface area contributed by atoms with Gasteiger partial charge in [0.1, 0.15) is 0 Å². The van der Waals surface area contributed by atoms with E-state index in [1.807, 2.05) is 0 Å². The van der Waals surface area contributed by atoms with Gasteiger partial charge in [-0.2, -0.15) is 0 Å².